The molecule has 3 rings (SSSR count). The molecule has 2 aromatic carbocycles. The molecule has 0 radical (unpaired) electrons. The molecule has 0 spiro atoms. The standard InChI is InChI=1S/C31H39Cl2N3.C2H6.CH5N/c1-4-19-34-30-24-29(33)18-13-25(30)12-9-21-36(20-5-2)23-22-35(3)31(26-10-7-6-8-11-26)27-14-16-28(32)17-15-27;2*1-2/h4,6-8,10-11,13-14,16,18-19,24,31H,1,5,9,12,15,17,20-23H2,2-3H3;1-2H3;2H2,1H3. The van der Waals surface area contributed by atoms with Crippen LogP contribution in [-0.2, 0) is 6.42 Å². The Hall–Kier alpha value is -2.21. The summed E-state index contributed by atoms with van der Waals surface area (Å²) in [5.41, 5.74) is 9.44. The summed E-state index contributed by atoms with van der Waals surface area (Å²) in [4.78, 5) is 9.60. The number of hydrogen-bond donors (Lipinski definition) is 1. The third-order valence-corrected chi connectivity index (χ3v) is 7.18. The number of halogens is 2. The minimum absolute atomic E-state index is 0.273. The molecular formula is C34H50Cl2N4. The van der Waals surface area contributed by atoms with E-state index in [0.717, 1.165) is 69.0 Å². The normalized spacial score (nSPS) is 13.7. The fourth-order valence-corrected chi connectivity index (χ4v) is 5.14. The van der Waals surface area contributed by atoms with Crippen molar-refractivity contribution in [2.75, 3.05) is 40.3 Å². The average Bonchev–Trinajstić information content (AvgIpc) is 2.99. The maximum atomic E-state index is 6.26. The molecule has 4 nitrogen and oxygen atoms in total. The van der Waals surface area contributed by atoms with Gasteiger partial charge in [0, 0.05) is 29.4 Å². The van der Waals surface area contributed by atoms with Gasteiger partial charge in [-0.2, -0.15) is 0 Å². The first-order valence-corrected chi connectivity index (χ1v) is 15.3. The van der Waals surface area contributed by atoms with Crippen molar-refractivity contribution in [2.45, 2.75) is 58.9 Å². The Morgan fingerprint density at radius 3 is 2.33 bits per heavy atom. The van der Waals surface area contributed by atoms with Crippen LogP contribution in [0.2, 0.25) is 5.02 Å². The van der Waals surface area contributed by atoms with Crippen LogP contribution in [0, 0.1) is 0 Å². The van der Waals surface area contributed by atoms with Crippen LogP contribution in [0.25, 0.3) is 0 Å². The molecular weight excluding hydrogens is 535 g/mol. The van der Waals surface area contributed by atoms with Crippen molar-refractivity contribution in [2.24, 2.45) is 10.7 Å². The Balaban J connectivity index is 0.00000191. The van der Waals surface area contributed by atoms with Crippen LogP contribution in [0.5, 0.6) is 0 Å². The number of hydrogen-bond acceptors (Lipinski definition) is 4. The zero-order valence-corrected chi connectivity index (χ0v) is 26.8. The molecule has 0 bridgehead atoms. The summed E-state index contributed by atoms with van der Waals surface area (Å²) >= 11 is 12.5. The second kappa shape index (κ2) is 21.5. The third kappa shape index (κ3) is 12.5. The Kier molecular flexibility index (Phi) is 19.3. The Morgan fingerprint density at radius 1 is 0.975 bits per heavy atom. The van der Waals surface area contributed by atoms with E-state index in [9.17, 15) is 0 Å². The molecule has 0 heterocycles. The zero-order chi connectivity index (χ0) is 29.8. The van der Waals surface area contributed by atoms with Crippen molar-refractivity contribution >= 4 is 35.1 Å². The predicted molar refractivity (Wildman–Crippen MR) is 179 cm³/mol. The molecule has 0 saturated heterocycles. The van der Waals surface area contributed by atoms with E-state index in [1.54, 1.807) is 12.3 Å². The van der Waals surface area contributed by atoms with Crippen molar-refractivity contribution in [1.82, 2.24) is 9.80 Å². The highest BCUT2D eigenvalue weighted by Crippen LogP contribution is 2.34. The van der Waals surface area contributed by atoms with Gasteiger partial charge in [-0.1, -0.05) is 99.1 Å². The third-order valence-electron chi connectivity index (χ3n) is 6.63. The van der Waals surface area contributed by atoms with Crippen molar-refractivity contribution in [1.29, 1.82) is 0 Å². The second-order valence-corrected chi connectivity index (χ2v) is 10.3. The van der Waals surface area contributed by atoms with Gasteiger partial charge in [-0.15, -0.1) is 0 Å². The van der Waals surface area contributed by atoms with E-state index in [2.05, 4.69) is 89.6 Å². The maximum Gasteiger partial charge on any atom is 0.0676 e. The van der Waals surface area contributed by atoms with Gasteiger partial charge in [0.2, 0.25) is 0 Å². The first-order chi connectivity index (χ1) is 19.5. The molecule has 40 heavy (non-hydrogen) atoms. The minimum Gasteiger partial charge on any atom is -0.333 e. The van der Waals surface area contributed by atoms with Crippen molar-refractivity contribution in [3.63, 3.8) is 0 Å². The Labute approximate surface area is 254 Å². The summed E-state index contributed by atoms with van der Waals surface area (Å²) in [5.74, 6) is 0. The molecule has 1 atom stereocenters. The fraction of sp³-hybridized carbons (Fsp3) is 0.441. The number of benzene rings is 2. The predicted octanol–water partition coefficient (Wildman–Crippen LogP) is 8.99. The van der Waals surface area contributed by atoms with E-state index in [0.29, 0.717) is 5.02 Å². The number of rotatable bonds is 14. The van der Waals surface area contributed by atoms with Crippen molar-refractivity contribution in [3.05, 3.63) is 100 Å². The van der Waals surface area contributed by atoms with Crippen LogP contribution in [0.3, 0.4) is 0 Å². The number of nitrogens with zero attached hydrogens (tertiary/aromatic N) is 3. The lowest BCUT2D eigenvalue weighted by Gasteiger charge is -2.33. The highest BCUT2D eigenvalue weighted by atomic mass is 35.5. The molecule has 220 valence electrons. The molecule has 2 N–H and O–H groups in total. The number of nitrogens with two attached hydrogens (primary N) is 1. The van der Waals surface area contributed by atoms with E-state index in [-0.39, 0.29) is 6.04 Å². The van der Waals surface area contributed by atoms with E-state index in [1.807, 2.05) is 26.0 Å². The Bertz CT molecular complexity index is 1060. The highest BCUT2D eigenvalue weighted by Gasteiger charge is 2.23. The van der Waals surface area contributed by atoms with Gasteiger partial charge in [-0.25, -0.2) is 0 Å². The first-order valence-electron chi connectivity index (χ1n) is 14.6. The molecule has 2 aromatic rings. The minimum atomic E-state index is 0.273. The summed E-state index contributed by atoms with van der Waals surface area (Å²) in [5, 5.41) is 1.66. The van der Waals surface area contributed by atoms with Gasteiger partial charge in [-0.3, -0.25) is 9.89 Å². The molecule has 0 aromatic heterocycles. The van der Waals surface area contributed by atoms with Crippen molar-refractivity contribution in [3.8, 4) is 0 Å². The SMILES string of the molecule is C=CC=Nc1cc(Cl)ccc1CCCN(CCC)CCN(C)C(C1=CC=C(Cl)CC1)c1ccccc1.CC.CN. The van der Waals surface area contributed by atoms with Gasteiger partial charge in [0.25, 0.3) is 0 Å². The molecule has 1 aliphatic carbocycles. The van der Waals surface area contributed by atoms with Crippen molar-refractivity contribution < 1.29 is 0 Å². The molecule has 6 heteroatoms. The summed E-state index contributed by atoms with van der Waals surface area (Å²) in [6.07, 6.45) is 12.9. The van der Waals surface area contributed by atoms with E-state index in [1.165, 1.54) is 23.7 Å². The topological polar surface area (TPSA) is 44.9 Å². The number of allylic oxidation sites excluding steroid dienone is 4. The van der Waals surface area contributed by atoms with Crippen LogP contribution in [0.15, 0.2) is 88.9 Å². The summed E-state index contributed by atoms with van der Waals surface area (Å²) in [6, 6.07) is 17.1. The van der Waals surface area contributed by atoms with E-state index in [4.69, 9.17) is 23.2 Å². The molecule has 0 saturated carbocycles. The van der Waals surface area contributed by atoms with Crippen LogP contribution in [-0.4, -0.2) is 56.3 Å². The van der Waals surface area contributed by atoms with Crippen LogP contribution in [0.4, 0.5) is 5.69 Å². The first kappa shape index (κ1) is 35.8. The number of aryl methyl sites for hydroxylation is 1. The lowest BCUT2D eigenvalue weighted by molar-refractivity contribution is 0.199. The Morgan fingerprint density at radius 2 is 1.70 bits per heavy atom. The lowest BCUT2D eigenvalue weighted by Crippen LogP contribution is -2.37. The summed E-state index contributed by atoms with van der Waals surface area (Å²) < 4.78 is 0. The molecule has 0 amide bonds. The highest BCUT2D eigenvalue weighted by molar-refractivity contribution is 6.30. The quantitative estimate of drug-likeness (QED) is 0.225. The molecule has 0 fully saturated rings. The van der Waals surface area contributed by atoms with Gasteiger partial charge >= 0.3 is 0 Å². The van der Waals surface area contributed by atoms with Crippen LogP contribution < -0.4 is 5.73 Å². The summed E-state index contributed by atoms with van der Waals surface area (Å²) in [7, 11) is 3.75. The summed E-state index contributed by atoms with van der Waals surface area (Å²) in [6.45, 7) is 14.2. The van der Waals surface area contributed by atoms with Crippen LogP contribution >= 0.6 is 23.2 Å². The van der Waals surface area contributed by atoms with Gasteiger partial charge in [0.1, 0.15) is 0 Å². The molecule has 0 aliphatic heterocycles. The molecule has 1 aliphatic rings. The van der Waals surface area contributed by atoms with Crippen LogP contribution in [0.1, 0.15) is 63.6 Å². The van der Waals surface area contributed by atoms with Gasteiger partial charge in [0.15, 0.2) is 0 Å². The van der Waals surface area contributed by atoms with Gasteiger partial charge in [0.05, 0.1) is 11.7 Å². The largest absolute Gasteiger partial charge is 0.333 e. The molecule has 1 unspecified atom stereocenters. The number of aliphatic imine (C=N–C) groups is 1. The monoisotopic (exact) mass is 584 g/mol. The van der Waals surface area contributed by atoms with E-state index < -0.39 is 0 Å². The zero-order valence-electron chi connectivity index (χ0n) is 25.3. The van der Waals surface area contributed by atoms with Gasteiger partial charge in [-0.05, 0) is 94.2 Å². The van der Waals surface area contributed by atoms with E-state index >= 15 is 0 Å². The second-order valence-electron chi connectivity index (χ2n) is 9.38. The maximum absolute atomic E-state index is 6.26. The average molecular weight is 586 g/mol. The smallest absolute Gasteiger partial charge is 0.0676 e. The van der Waals surface area contributed by atoms with Gasteiger partial charge < -0.3 is 10.6 Å². The number of likely N-dealkylation sites (N-methyl/N-ethyl adjacent to an activating group) is 1. The fourth-order valence-electron chi connectivity index (χ4n) is 4.82. The lowest BCUT2D eigenvalue weighted by atomic mass is 9.91.